The molecule has 0 aromatic heterocycles. The normalized spacial score (nSPS) is 12.9. The molecule has 0 saturated carbocycles. The third kappa shape index (κ3) is 5.59. The van der Waals surface area contributed by atoms with Crippen molar-refractivity contribution in [3.63, 3.8) is 0 Å². The summed E-state index contributed by atoms with van der Waals surface area (Å²) in [7, 11) is 0. The molecule has 0 aromatic carbocycles. The smallest absolute Gasteiger partial charge is 0.0295 e. The van der Waals surface area contributed by atoms with Crippen LogP contribution < -0.4 is 0 Å². The predicted octanol–water partition coefficient (Wildman–Crippen LogP) is 3.19. The predicted molar refractivity (Wildman–Crippen MR) is 51.9 cm³/mol. The van der Waals surface area contributed by atoms with E-state index >= 15 is 0 Å². The van der Waals surface area contributed by atoms with Crippen LogP contribution in [0.3, 0.4) is 0 Å². The van der Waals surface area contributed by atoms with Crippen molar-refractivity contribution in [1.29, 1.82) is 0 Å². The van der Waals surface area contributed by atoms with Crippen molar-refractivity contribution in [2.75, 3.05) is 0 Å². The molecule has 0 radical (unpaired) electrons. The molecule has 1 nitrogen and oxygen atoms in total. The molecular weight excluding hydrogens is 134 g/mol. The number of allylic oxidation sites excluding steroid dienone is 2. The van der Waals surface area contributed by atoms with Gasteiger partial charge in [0.1, 0.15) is 0 Å². The van der Waals surface area contributed by atoms with E-state index in [2.05, 4.69) is 25.4 Å². The standard InChI is InChI=1S/C10H17N/c1-5-10(7-9(3)4)8-11-6-2/h5-6,8-9H,1,7H2,2-4H3/b10-8-,11-6-. The van der Waals surface area contributed by atoms with Crippen molar-refractivity contribution in [3.05, 3.63) is 24.4 Å². The van der Waals surface area contributed by atoms with E-state index in [0.717, 1.165) is 6.42 Å². The van der Waals surface area contributed by atoms with Gasteiger partial charge in [-0.2, -0.15) is 0 Å². The Morgan fingerprint density at radius 3 is 2.55 bits per heavy atom. The van der Waals surface area contributed by atoms with Crippen LogP contribution >= 0.6 is 0 Å². The molecule has 0 heterocycles. The van der Waals surface area contributed by atoms with Gasteiger partial charge in [0, 0.05) is 12.4 Å². The second-order valence-corrected chi connectivity index (χ2v) is 2.91. The summed E-state index contributed by atoms with van der Waals surface area (Å²) in [5, 5.41) is 0. The molecule has 0 bridgehead atoms. The molecule has 0 N–H and O–H groups in total. The summed E-state index contributed by atoms with van der Waals surface area (Å²) >= 11 is 0. The molecule has 0 rings (SSSR count). The molecule has 0 unspecified atom stereocenters. The highest BCUT2D eigenvalue weighted by molar-refractivity contribution is 5.54. The van der Waals surface area contributed by atoms with Gasteiger partial charge < -0.3 is 0 Å². The number of nitrogens with zero attached hydrogens (tertiary/aromatic N) is 1. The fourth-order valence-corrected chi connectivity index (χ4v) is 0.830. The Hall–Kier alpha value is -0.850. The zero-order valence-corrected chi connectivity index (χ0v) is 7.67. The highest BCUT2D eigenvalue weighted by Crippen LogP contribution is 2.10. The van der Waals surface area contributed by atoms with E-state index in [0.29, 0.717) is 5.92 Å². The Labute approximate surface area is 69.5 Å². The largest absolute Gasteiger partial charge is 0.269 e. The minimum atomic E-state index is 0.673. The maximum Gasteiger partial charge on any atom is 0.0295 e. The molecule has 0 atom stereocenters. The highest BCUT2D eigenvalue weighted by atomic mass is 14.7. The molecule has 0 aliphatic carbocycles. The zero-order chi connectivity index (χ0) is 8.69. The van der Waals surface area contributed by atoms with Gasteiger partial charge in [-0.3, -0.25) is 4.99 Å². The first-order chi connectivity index (χ1) is 5.20. The number of aliphatic imine (C=N–C) groups is 1. The Kier molecular flexibility index (Phi) is 5.44. The van der Waals surface area contributed by atoms with Crippen LogP contribution in [0.15, 0.2) is 29.4 Å². The van der Waals surface area contributed by atoms with Gasteiger partial charge in [-0.05, 0) is 24.8 Å². The summed E-state index contributed by atoms with van der Waals surface area (Å²) in [6.07, 6.45) is 6.57. The lowest BCUT2D eigenvalue weighted by molar-refractivity contribution is 0.649. The first-order valence-corrected chi connectivity index (χ1v) is 4.00. The highest BCUT2D eigenvalue weighted by Gasteiger charge is 1.95. The lowest BCUT2D eigenvalue weighted by Crippen LogP contribution is -1.88. The van der Waals surface area contributed by atoms with Gasteiger partial charge in [0.15, 0.2) is 0 Å². The van der Waals surface area contributed by atoms with Crippen LogP contribution in [-0.4, -0.2) is 6.21 Å². The van der Waals surface area contributed by atoms with Crippen molar-refractivity contribution in [2.45, 2.75) is 27.2 Å². The van der Waals surface area contributed by atoms with Crippen LogP contribution in [0.25, 0.3) is 0 Å². The molecule has 62 valence electrons. The van der Waals surface area contributed by atoms with E-state index < -0.39 is 0 Å². The number of hydrogen-bond acceptors (Lipinski definition) is 1. The molecule has 0 amide bonds. The lowest BCUT2D eigenvalue weighted by Gasteiger charge is -2.02. The summed E-state index contributed by atoms with van der Waals surface area (Å²) in [5.41, 5.74) is 1.21. The molecule has 0 fully saturated rings. The first-order valence-electron chi connectivity index (χ1n) is 4.00. The molecule has 0 aromatic rings. The van der Waals surface area contributed by atoms with Crippen LogP contribution in [0.5, 0.6) is 0 Å². The fourth-order valence-electron chi connectivity index (χ4n) is 0.830. The second-order valence-electron chi connectivity index (χ2n) is 2.91. The topological polar surface area (TPSA) is 12.4 Å². The van der Waals surface area contributed by atoms with Crippen LogP contribution in [-0.2, 0) is 0 Å². The number of rotatable bonds is 4. The third-order valence-corrected chi connectivity index (χ3v) is 1.30. The molecule has 1 heteroatoms. The summed E-state index contributed by atoms with van der Waals surface area (Å²) in [4.78, 5) is 4.04. The summed E-state index contributed by atoms with van der Waals surface area (Å²) in [6.45, 7) is 10.0. The van der Waals surface area contributed by atoms with Crippen LogP contribution in [0.4, 0.5) is 0 Å². The van der Waals surface area contributed by atoms with E-state index in [4.69, 9.17) is 0 Å². The van der Waals surface area contributed by atoms with E-state index in [-0.39, 0.29) is 0 Å². The van der Waals surface area contributed by atoms with E-state index in [1.165, 1.54) is 5.57 Å². The minimum absolute atomic E-state index is 0.673. The van der Waals surface area contributed by atoms with Crippen molar-refractivity contribution in [3.8, 4) is 0 Å². The van der Waals surface area contributed by atoms with Crippen LogP contribution in [0, 0.1) is 5.92 Å². The van der Waals surface area contributed by atoms with Gasteiger partial charge in [-0.25, -0.2) is 0 Å². The number of hydrogen-bond donors (Lipinski definition) is 0. The average Bonchev–Trinajstić information content (AvgIpc) is 1.97. The van der Waals surface area contributed by atoms with Crippen molar-refractivity contribution < 1.29 is 0 Å². The SMILES string of the molecule is C=C/C(=C/N=C\C)CC(C)C. The first kappa shape index (κ1) is 10.2. The molecule has 11 heavy (non-hydrogen) atoms. The quantitative estimate of drug-likeness (QED) is 0.432. The summed E-state index contributed by atoms with van der Waals surface area (Å²) in [5.74, 6) is 0.673. The maximum atomic E-state index is 4.04. The molecule has 0 aliphatic heterocycles. The fraction of sp³-hybridized carbons (Fsp3) is 0.500. The van der Waals surface area contributed by atoms with E-state index in [1.54, 1.807) is 6.21 Å². The molecular formula is C10H17N. The second kappa shape index (κ2) is 5.90. The van der Waals surface area contributed by atoms with Crippen LogP contribution in [0.2, 0.25) is 0 Å². The summed E-state index contributed by atoms with van der Waals surface area (Å²) < 4.78 is 0. The summed E-state index contributed by atoms with van der Waals surface area (Å²) in [6, 6.07) is 0. The van der Waals surface area contributed by atoms with Crippen molar-refractivity contribution in [2.24, 2.45) is 10.9 Å². The van der Waals surface area contributed by atoms with Crippen molar-refractivity contribution in [1.82, 2.24) is 0 Å². The van der Waals surface area contributed by atoms with Gasteiger partial charge in [0.25, 0.3) is 0 Å². The minimum Gasteiger partial charge on any atom is -0.269 e. The Bertz CT molecular complexity index is 164. The van der Waals surface area contributed by atoms with E-state index in [1.807, 2.05) is 19.2 Å². The Morgan fingerprint density at radius 2 is 2.18 bits per heavy atom. The average molecular weight is 151 g/mol. The molecule has 0 saturated heterocycles. The monoisotopic (exact) mass is 151 g/mol. The van der Waals surface area contributed by atoms with Gasteiger partial charge in [0.05, 0.1) is 0 Å². The zero-order valence-electron chi connectivity index (χ0n) is 7.67. The third-order valence-electron chi connectivity index (χ3n) is 1.30. The van der Waals surface area contributed by atoms with Crippen LogP contribution in [0.1, 0.15) is 27.2 Å². The van der Waals surface area contributed by atoms with E-state index in [9.17, 15) is 0 Å². The van der Waals surface area contributed by atoms with Crippen molar-refractivity contribution >= 4 is 6.21 Å². The Balaban J connectivity index is 4.04. The molecule has 0 aliphatic rings. The van der Waals surface area contributed by atoms with Gasteiger partial charge in [0.2, 0.25) is 0 Å². The van der Waals surface area contributed by atoms with Gasteiger partial charge in [-0.1, -0.05) is 26.5 Å². The Morgan fingerprint density at radius 1 is 1.55 bits per heavy atom. The molecule has 0 spiro atoms. The van der Waals surface area contributed by atoms with Gasteiger partial charge >= 0.3 is 0 Å². The lowest BCUT2D eigenvalue weighted by atomic mass is 10.0. The maximum absolute atomic E-state index is 4.04. The van der Waals surface area contributed by atoms with Gasteiger partial charge in [-0.15, -0.1) is 0 Å².